The lowest BCUT2D eigenvalue weighted by molar-refractivity contribution is -0.134. The van der Waals surface area contributed by atoms with Gasteiger partial charge < -0.3 is 5.32 Å². The van der Waals surface area contributed by atoms with E-state index in [4.69, 9.17) is 5.26 Å². The molecule has 1 N–H and O–H groups in total. The van der Waals surface area contributed by atoms with Crippen molar-refractivity contribution in [3.05, 3.63) is 29.6 Å². The monoisotopic (exact) mass is 246 g/mol. The fourth-order valence-electron chi connectivity index (χ4n) is 1.30. The highest BCUT2D eigenvalue weighted by Crippen LogP contribution is 2.22. The van der Waals surface area contributed by atoms with Gasteiger partial charge in [-0.05, 0) is 18.6 Å². The Labute approximate surface area is 95.9 Å². The van der Waals surface area contributed by atoms with E-state index in [1.54, 1.807) is 6.07 Å². The van der Waals surface area contributed by atoms with Gasteiger partial charge in [0.1, 0.15) is 17.4 Å². The van der Waals surface area contributed by atoms with Gasteiger partial charge >= 0.3 is 6.18 Å². The van der Waals surface area contributed by atoms with Crippen LogP contribution in [0.25, 0.3) is 0 Å². The van der Waals surface area contributed by atoms with Gasteiger partial charge in [0.05, 0.1) is 5.69 Å². The topological polar surface area (TPSA) is 35.8 Å². The summed E-state index contributed by atoms with van der Waals surface area (Å²) >= 11 is 0. The number of nitrogens with zero attached hydrogens (tertiary/aromatic N) is 1. The highest BCUT2D eigenvalue weighted by Gasteiger charge is 2.25. The van der Waals surface area contributed by atoms with E-state index in [0.29, 0.717) is 0 Å². The van der Waals surface area contributed by atoms with E-state index in [2.05, 4.69) is 5.32 Å². The van der Waals surface area contributed by atoms with Crippen molar-refractivity contribution in [2.24, 2.45) is 0 Å². The Morgan fingerprint density at radius 1 is 1.29 bits per heavy atom. The van der Waals surface area contributed by atoms with Crippen molar-refractivity contribution in [1.29, 1.82) is 5.26 Å². The number of hydrogen-bond donors (Lipinski definition) is 1. The van der Waals surface area contributed by atoms with E-state index in [1.807, 2.05) is 0 Å². The van der Waals surface area contributed by atoms with Crippen LogP contribution in [0.3, 0.4) is 0 Å². The van der Waals surface area contributed by atoms with Gasteiger partial charge in [0, 0.05) is 13.0 Å². The van der Waals surface area contributed by atoms with Crippen LogP contribution < -0.4 is 5.32 Å². The third-order valence-electron chi connectivity index (χ3n) is 2.08. The lowest BCUT2D eigenvalue weighted by atomic mass is 10.2. The molecule has 0 aliphatic heterocycles. The molecule has 0 atom stereocenters. The van der Waals surface area contributed by atoms with Crippen molar-refractivity contribution in [2.45, 2.75) is 19.0 Å². The maximum absolute atomic E-state index is 13.1. The molecule has 92 valence electrons. The first-order chi connectivity index (χ1) is 7.94. The first-order valence-corrected chi connectivity index (χ1v) is 4.93. The standard InChI is InChI=1S/C11H10F4N2/c12-9-3-1-4-10(8(9)7-16)17-6-2-5-11(13,14)15/h1,3-4,17H,2,5-6H2. The third kappa shape index (κ3) is 4.31. The van der Waals surface area contributed by atoms with E-state index in [0.717, 1.165) is 6.07 Å². The van der Waals surface area contributed by atoms with E-state index >= 15 is 0 Å². The summed E-state index contributed by atoms with van der Waals surface area (Å²) in [6, 6.07) is 5.63. The van der Waals surface area contributed by atoms with Crippen LogP contribution in [-0.4, -0.2) is 12.7 Å². The number of alkyl halides is 3. The molecular weight excluding hydrogens is 236 g/mol. The predicted octanol–water partition coefficient (Wildman–Crippen LogP) is 3.45. The number of nitrogens with one attached hydrogen (secondary N) is 1. The lowest BCUT2D eigenvalue weighted by Crippen LogP contribution is -2.11. The van der Waals surface area contributed by atoms with E-state index in [-0.39, 0.29) is 24.2 Å². The molecule has 1 aromatic carbocycles. The molecule has 0 unspecified atom stereocenters. The number of rotatable bonds is 4. The zero-order chi connectivity index (χ0) is 12.9. The molecule has 1 aromatic rings. The average Bonchev–Trinajstić information content (AvgIpc) is 2.23. The van der Waals surface area contributed by atoms with Crippen LogP contribution in [-0.2, 0) is 0 Å². The Hall–Kier alpha value is -1.77. The molecule has 0 bridgehead atoms. The van der Waals surface area contributed by atoms with Gasteiger partial charge in [-0.2, -0.15) is 18.4 Å². The van der Waals surface area contributed by atoms with Crippen LogP contribution in [0.15, 0.2) is 18.2 Å². The van der Waals surface area contributed by atoms with Crippen LogP contribution in [0.4, 0.5) is 23.2 Å². The highest BCUT2D eigenvalue weighted by atomic mass is 19.4. The first-order valence-electron chi connectivity index (χ1n) is 4.93. The zero-order valence-corrected chi connectivity index (χ0v) is 8.81. The number of benzene rings is 1. The van der Waals surface area contributed by atoms with Crippen LogP contribution >= 0.6 is 0 Å². The molecule has 0 aliphatic rings. The largest absolute Gasteiger partial charge is 0.389 e. The highest BCUT2D eigenvalue weighted by molar-refractivity contribution is 5.57. The summed E-state index contributed by atoms with van der Waals surface area (Å²) < 4.78 is 48.7. The summed E-state index contributed by atoms with van der Waals surface area (Å²) in [5.74, 6) is -0.687. The minimum absolute atomic E-state index is 0.0393. The first kappa shape index (κ1) is 13.3. The quantitative estimate of drug-likeness (QED) is 0.652. The predicted molar refractivity (Wildman–Crippen MR) is 54.9 cm³/mol. The average molecular weight is 246 g/mol. The van der Waals surface area contributed by atoms with Crippen molar-refractivity contribution in [3.8, 4) is 6.07 Å². The maximum Gasteiger partial charge on any atom is 0.389 e. The molecule has 2 nitrogen and oxygen atoms in total. The second-order valence-corrected chi connectivity index (χ2v) is 3.42. The van der Waals surface area contributed by atoms with Crippen LogP contribution in [0.2, 0.25) is 0 Å². The molecule has 0 heterocycles. The Balaban J connectivity index is 2.53. The second-order valence-electron chi connectivity index (χ2n) is 3.42. The molecule has 0 radical (unpaired) electrons. The van der Waals surface area contributed by atoms with Crippen LogP contribution in [0.1, 0.15) is 18.4 Å². The van der Waals surface area contributed by atoms with Gasteiger partial charge in [0.15, 0.2) is 0 Å². The zero-order valence-electron chi connectivity index (χ0n) is 8.81. The molecule has 0 fully saturated rings. The normalized spacial score (nSPS) is 11.0. The van der Waals surface area contributed by atoms with Gasteiger partial charge in [-0.25, -0.2) is 4.39 Å². The Morgan fingerprint density at radius 2 is 2.00 bits per heavy atom. The van der Waals surface area contributed by atoms with Crippen molar-refractivity contribution in [2.75, 3.05) is 11.9 Å². The fourth-order valence-corrected chi connectivity index (χ4v) is 1.30. The number of halogens is 4. The molecule has 0 saturated carbocycles. The molecule has 0 amide bonds. The van der Waals surface area contributed by atoms with Crippen molar-refractivity contribution in [3.63, 3.8) is 0 Å². The van der Waals surface area contributed by atoms with Gasteiger partial charge in [0.2, 0.25) is 0 Å². The van der Waals surface area contributed by atoms with Gasteiger partial charge in [0.25, 0.3) is 0 Å². The van der Waals surface area contributed by atoms with E-state index in [1.165, 1.54) is 12.1 Å². The molecule has 1 rings (SSSR count). The van der Waals surface area contributed by atoms with E-state index < -0.39 is 18.4 Å². The summed E-state index contributed by atoms with van der Waals surface area (Å²) in [4.78, 5) is 0. The summed E-state index contributed by atoms with van der Waals surface area (Å²) in [5, 5.41) is 11.3. The molecule has 6 heteroatoms. The van der Waals surface area contributed by atoms with Gasteiger partial charge in [-0.15, -0.1) is 0 Å². The van der Waals surface area contributed by atoms with E-state index in [9.17, 15) is 17.6 Å². The second kappa shape index (κ2) is 5.53. The molecule has 0 spiro atoms. The molecular formula is C11H10F4N2. The SMILES string of the molecule is N#Cc1c(F)cccc1NCCCC(F)(F)F. The smallest absolute Gasteiger partial charge is 0.384 e. The van der Waals surface area contributed by atoms with Crippen LogP contribution in [0.5, 0.6) is 0 Å². The number of anilines is 1. The maximum atomic E-state index is 13.1. The molecule has 0 saturated heterocycles. The minimum Gasteiger partial charge on any atom is -0.384 e. The van der Waals surface area contributed by atoms with Gasteiger partial charge in [-0.1, -0.05) is 6.07 Å². The summed E-state index contributed by atoms with van der Waals surface area (Å²) in [6.07, 6.45) is -5.22. The number of nitriles is 1. The van der Waals surface area contributed by atoms with Gasteiger partial charge in [-0.3, -0.25) is 0 Å². The van der Waals surface area contributed by atoms with Crippen LogP contribution in [0, 0.1) is 17.1 Å². The Bertz CT molecular complexity index is 420. The third-order valence-corrected chi connectivity index (χ3v) is 2.08. The van der Waals surface area contributed by atoms with Crippen molar-refractivity contribution >= 4 is 5.69 Å². The molecule has 0 aromatic heterocycles. The Morgan fingerprint density at radius 3 is 2.59 bits per heavy atom. The summed E-state index contributed by atoms with van der Waals surface area (Å²) in [6.45, 7) is 0.0393. The lowest BCUT2D eigenvalue weighted by Gasteiger charge is -2.09. The fraction of sp³-hybridized carbons (Fsp3) is 0.364. The van der Waals surface area contributed by atoms with Crippen molar-refractivity contribution in [1.82, 2.24) is 0 Å². The summed E-state index contributed by atoms with van der Waals surface area (Å²) in [7, 11) is 0. The molecule has 17 heavy (non-hydrogen) atoms. The summed E-state index contributed by atoms with van der Waals surface area (Å²) in [5.41, 5.74) is 0.0363. The number of hydrogen-bond acceptors (Lipinski definition) is 2. The Kier molecular flexibility index (Phi) is 4.32. The minimum atomic E-state index is -4.19. The molecule has 0 aliphatic carbocycles. The van der Waals surface area contributed by atoms with Crippen molar-refractivity contribution < 1.29 is 17.6 Å².